The van der Waals surface area contributed by atoms with Crippen molar-refractivity contribution in [3.8, 4) is 5.75 Å². The second kappa shape index (κ2) is 6.85. The van der Waals surface area contributed by atoms with E-state index in [0.29, 0.717) is 11.3 Å². The third-order valence-electron chi connectivity index (χ3n) is 3.07. The number of nitrogens with one attached hydrogen (secondary N) is 1. The fourth-order valence-corrected chi connectivity index (χ4v) is 1.94. The summed E-state index contributed by atoms with van der Waals surface area (Å²) in [6, 6.07) is 11.6. The van der Waals surface area contributed by atoms with Gasteiger partial charge in [-0.25, -0.2) is 4.39 Å². The SMILES string of the molecule is COc1ccc(CC(=O)Nc2ccc(F)c(CN)c2)cc1. The van der Waals surface area contributed by atoms with Gasteiger partial charge in [0.1, 0.15) is 11.6 Å². The highest BCUT2D eigenvalue weighted by atomic mass is 19.1. The Labute approximate surface area is 122 Å². The minimum absolute atomic E-state index is 0.0913. The summed E-state index contributed by atoms with van der Waals surface area (Å²) in [6.45, 7) is 0.0913. The molecule has 0 aliphatic rings. The number of rotatable bonds is 5. The molecule has 0 fully saturated rings. The molecular formula is C16H17FN2O2. The van der Waals surface area contributed by atoms with Crippen molar-refractivity contribution in [3.63, 3.8) is 0 Å². The summed E-state index contributed by atoms with van der Waals surface area (Å²) in [6.07, 6.45) is 0.235. The topological polar surface area (TPSA) is 64.3 Å². The molecule has 0 aliphatic carbocycles. The Bertz CT molecular complexity index is 627. The summed E-state index contributed by atoms with van der Waals surface area (Å²) < 4.78 is 18.4. The summed E-state index contributed by atoms with van der Waals surface area (Å²) in [5.74, 6) is 0.200. The van der Waals surface area contributed by atoms with Crippen molar-refractivity contribution in [1.29, 1.82) is 0 Å². The smallest absolute Gasteiger partial charge is 0.228 e. The lowest BCUT2D eigenvalue weighted by Gasteiger charge is -2.08. The second-order valence-electron chi connectivity index (χ2n) is 4.58. The predicted octanol–water partition coefficient (Wildman–Crippen LogP) is 2.47. The van der Waals surface area contributed by atoms with Gasteiger partial charge in [-0.15, -0.1) is 0 Å². The number of ether oxygens (including phenoxy) is 1. The Balaban J connectivity index is 2.00. The van der Waals surface area contributed by atoms with Crippen LogP contribution < -0.4 is 15.8 Å². The normalized spacial score (nSPS) is 10.2. The number of carbonyl (C=O) groups excluding carboxylic acids is 1. The average molecular weight is 288 g/mol. The van der Waals surface area contributed by atoms with Crippen LogP contribution in [0.2, 0.25) is 0 Å². The molecule has 0 radical (unpaired) electrons. The van der Waals surface area contributed by atoms with Gasteiger partial charge in [-0.2, -0.15) is 0 Å². The lowest BCUT2D eigenvalue weighted by molar-refractivity contribution is -0.115. The zero-order valence-corrected chi connectivity index (χ0v) is 11.7. The highest BCUT2D eigenvalue weighted by Gasteiger charge is 2.07. The van der Waals surface area contributed by atoms with E-state index < -0.39 is 0 Å². The van der Waals surface area contributed by atoms with E-state index in [9.17, 15) is 9.18 Å². The Morgan fingerprint density at radius 3 is 2.57 bits per heavy atom. The Kier molecular flexibility index (Phi) is 4.90. The molecule has 4 nitrogen and oxygen atoms in total. The monoisotopic (exact) mass is 288 g/mol. The molecule has 0 atom stereocenters. The molecule has 0 saturated heterocycles. The van der Waals surface area contributed by atoms with Gasteiger partial charge in [0.05, 0.1) is 13.5 Å². The first-order valence-corrected chi connectivity index (χ1v) is 6.53. The van der Waals surface area contributed by atoms with Gasteiger partial charge in [0.15, 0.2) is 0 Å². The third-order valence-corrected chi connectivity index (χ3v) is 3.07. The highest BCUT2D eigenvalue weighted by Crippen LogP contribution is 2.16. The van der Waals surface area contributed by atoms with Crippen LogP contribution in [0.15, 0.2) is 42.5 Å². The number of benzene rings is 2. The molecular weight excluding hydrogens is 271 g/mol. The molecule has 2 rings (SSSR count). The minimum Gasteiger partial charge on any atom is -0.497 e. The van der Waals surface area contributed by atoms with Gasteiger partial charge in [0, 0.05) is 17.8 Å². The number of anilines is 1. The molecule has 5 heteroatoms. The van der Waals surface area contributed by atoms with E-state index in [1.165, 1.54) is 12.1 Å². The summed E-state index contributed by atoms with van der Waals surface area (Å²) in [7, 11) is 1.59. The summed E-state index contributed by atoms with van der Waals surface area (Å²) >= 11 is 0. The largest absolute Gasteiger partial charge is 0.497 e. The van der Waals surface area contributed by atoms with E-state index in [-0.39, 0.29) is 24.7 Å². The zero-order chi connectivity index (χ0) is 15.2. The lowest BCUT2D eigenvalue weighted by Crippen LogP contribution is -2.15. The van der Waals surface area contributed by atoms with Crippen molar-refractivity contribution >= 4 is 11.6 Å². The van der Waals surface area contributed by atoms with Gasteiger partial charge >= 0.3 is 0 Å². The van der Waals surface area contributed by atoms with Crippen molar-refractivity contribution in [1.82, 2.24) is 0 Å². The zero-order valence-electron chi connectivity index (χ0n) is 11.7. The molecule has 0 heterocycles. The van der Waals surface area contributed by atoms with Crippen molar-refractivity contribution in [2.75, 3.05) is 12.4 Å². The van der Waals surface area contributed by atoms with E-state index >= 15 is 0 Å². The van der Waals surface area contributed by atoms with Crippen LogP contribution in [0, 0.1) is 5.82 Å². The number of nitrogens with two attached hydrogens (primary N) is 1. The van der Waals surface area contributed by atoms with Gasteiger partial charge in [0.2, 0.25) is 5.91 Å². The van der Waals surface area contributed by atoms with Crippen molar-refractivity contribution < 1.29 is 13.9 Å². The van der Waals surface area contributed by atoms with Crippen LogP contribution in [-0.2, 0) is 17.8 Å². The molecule has 3 N–H and O–H groups in total. The van der Waals surface area contributed by atoms with Crippen LogP contribution in [0.1, 0.15) is 11.1 Å². The second-order valence-corrected chi connectivity index (χ2v) is 4.58. The number of hydrogen-bond donors (Lipinski definition) is 2. The first-order chi connectivity index (χ1) is 10.1. The Hall–Kier alpha value is -2.40. The van der Waals surface area contributed by atoms with E-state index in [0.717, 1.165) is 11.3 Å². The summed E-state index contributed by atoms with van der Waals surface area (Å²) in [5, 5.41) is 2.73. The maximum Gasteiger partial charge on any atom is 0.228 e. The minimum atomic E-state index is -0.370. The van der Waals surface area contributed by atoms with Crippen molar-refractivity contribution in [2.45, 2.75) is 13.0 Å². The fraction of sp³-hybridized carbons (Fsp3) is 0.188. The van der Waals surface area contributed by atoms with E-state index in [4.69, 9.17) is 10.5 Å². The Morgan fingerprint density at radius 2 is 1.95 bits per heavy atom. The van der Waals surface area contributed by atoms with E-state index in [2.05, 4.69) is 5.32 Å². The van der Waals surface area contributed by atoms with Crippen LogP contribution >= 0.6 is 0 Å². The number of methoxy groups -OCH3 is 1. The molecule has 0 bridgehead atoms. The van der Waals surface area contributed by atoms with Crippen LogP contribution in [0.5, 0.6) is 5.75 Å². The molecule has 2 aromatic carbocycles. The average Bonchev–Trinajstić information content (AvgIpc) is 2.50. The van der Waals surface area contributed by atoms with E-state index in [1.807, 2.05) is 12.1 Å². The first kappa shape index (κ1) is 15.0. The maximum absolute atomic E-state index is 13.3. The van der Waals surface area contributed by atoms with Crippen molar-refractivity contribution in [3.05, 3.63) is 59.4 Å². The number of carbonyl (C=O) groups is 1. The molecule has 21 heavy (non-hydrogen) atoms. The first-order valence-electron chi connectivity index (χ1n) is 6.53. The molecule has 0 aromatic heterocycles. The van der Waals surface area contributed by atoms with Crippen LogP contribution in [0.3, 0.4) is 0 Å². The molecule has 110 valence electrons. The maximum atomic E-state index is 13.3. The molecule has 2 aromatic rings. The van der Waals surface area contributed by atoms with Gasteiger partial charge in [-0.05, 0) is 35.9 Å². The van der Waals surface area contributed by atoms with Crippen LogP contribution in [0.4, 0.5) is 10.1 Å². The molecule has 0 unspecified atom stereocenters. The van der Waals surface area contributed by atoms with Gasteiger partial charge in [0.25, 0.3) is 0 Å². The molecule has 0 spiro atoms. The number of amides is 1. The lowest BCUT2D eigenvalue weighted by atomic mass is 10.1. The van der Waals surface area contributed by atoms with Crippen LogP contribution in [0.25, 0.3) is 0 Å². The number of halogens is 1. The van der Waals surface area contributed by atoms with Gasteiger partial charge < -0.3 is 15.8 Å². The molecule has 1 amide bonds. The third kappa shape index (κ3) is 4.03. The fourth-order valence-electron chi connectivity index (χ4n) is 1.94. The summed E-state index contributed by atoms with van der Waals surface area (Å²) in [4.78, 5) is 12.0. The Morgan fingerprint density at radius 1 is 1.24 bits per heavy atom. The quantitative estimate of drug-likeness (QED) is 0.888. The van der Waals surface area contributed by atoms with Gasteiger partial charge in [-0.3, -0.25) is 4.79 Å². The predicted molar refractivity (Wildman–Crippen MR) is 79.6 cm³/mol. The van der Waals surface area contributed by atoms with Crippen LogP contribution in [-0.4, -0.2) is 13.0 Å². The van der Waals surface area contributed by atoms with Gasteiger partial charge in [-0.1, -0.05) is 12.1 Å². The standard InChI is InChI=1S/C16H17FN2O2/c1-21-14-5-2-11(3-6-14)8-16(20)19-13-4-7-15(17)12(9-13)10-18/h2-7,9H,8,10,18H2,1H3,(H,19,20). The molecule has 0 aliphatic heterocycles. The highest BCUT2D eigenvalue weighted by molar-refractivity contribution is 5.92. The van der Waals surface area contributed by atoms with E-state index in [1.54, 1.807) is 25.3 Å². The number of hydrogen-bond acceptors (Lipinski definition) is 3. The van der Waals surface area contributed by atoms with Crippen molar-refractivity contribution in [2.24, 2.45) is 5.73 Å². The summed E-state index contributed by atoms with van der Waals surface area (Å²) in [5.41, 5.74) is 7.22. The molecule has 0 saturated carbocycles.